The van der Waals surface area contributed by atoms with Gasteiger partial charge in [0.25, 0.3) is 0 Å². The molecule has 0 saturated carbocycles. The minimum Gasteiger partial charge on any atom is -0.138 e. The van der Waals surface area contributed by atoms with E-state index < -0.39 is 0 Å². The highest BCUT2D eigenvalue weighted by molar-refractivity contribution is 7.32. The van der Waals surface area contributed by atoms with Crippen LogP contribution in [0.25, 0.3) is 40.3 Å². The van der Waals surface area contributed by atoms with E-state index in [0.717, 1.165) is 34.4 Å². The van der Waals surface area contributed by atoms with E-state index in [1.54, 1.807) is 0 Å². The molecular weight excluding hydrogens is 457 g/mol. The SMILES string of the molecule is CCCCc1cc2c#cc3ccccc3c#cc3cc(CCCC)sc3c3ccc(s3)c2s1. The van der Waals surface area contributed by atoms with Crippen molar-refractivity contribution in [3.05, 3.63) is 82.6 Å². The van der Waals surface area contributed by atoms with Crippen LogP contribution in [-0.2, 0) is 12.8 Å². The van der Waals surface area contributed by atoms with Crippen LogP contribution in [0.15, 0.2) is 48.5 Å². The third kappa shape index (κ3) is 4.87. The van der Waals surface area contributed by atoms with Crippen molar-refractivity contribution in [3.8, 4) is 0 Å². The first-order valence-electron chi connectivity index (χ1n) is 11.7. The van der Waals surface area contributed by atoms with Crippen molar-refractivity contribution in [3.63, 3.8) is 0 Å². The molecule has 2 bridgehead atoms. The van der Waals surface area contributed by atoms with Gasteiger partial charge in [-0.2, -0.15) is 0 Å². The Balaban J connectivity index is 1.85. The van der Waals surface area contributed by atoms with E-state index in [4.69, 9.17) is 0 Å². The van der Waals surface area contributed by atoms with Crippen LogP contribution in [0.3, 0.4) is 0 Å². The Bertz CT molecular complexity index is 1380. The molecule has 0 radical (unpaired) electrons. The van der Waals surface area contributed by atoms with Gasteiger partial charge in [0.15, 0.2) is 0 Å². The predicted molar refractivity (Wildman–Crippen MR) is 149 cm³/mol. The van der Waals surface area contributed by atoms with Crippen LogP contribution in [0.4, 0.5) is 0 Å². The molecule has 0 unspecified atom stereocenters. The van der Waals surface area contributed by atoms with Gasteiger partial charge in [-0.25, -0.2) is 0 Å². The van der Waals surface area contributed by atoms with Crippen LogP contribution in [0.2, 0.25) is 0 Å². The Kier molecular flexibility index (Phi) is 6.84. The minimum atomic E-state index is 1.01. The number of aryl methyl sites for hydroxylation is 2. The van der Waals surface area contributed by atoms with Gasteiger partial charge in [-0.05, 0) is 62.1 Å². The van der Waals surface area contributed by atoms with Crippen molar-refractivity contribution in [2.45, 2.75) is 52.4 Å². The molecule has 0 aliphatic carbocycles. The normalized spacial score (nSPS) is 11.0. The molecule has 0 nitrogen and oxygen atoms in total. The average molecular weight is 483 g/mol. The van der Waals surface area contributed by atoms with E-state index in [2.05, 4.69) is 86.6 Å². The van der Waals surface area contributed by atoms with Gasteiger partial charge in [0.05, 0.1) is 9.40 Å². The van der Waals surface area contributed by atoms with E-state index in [1.165, 1.54) is 54.2 Å². The highest BCUT2D eigenvalue weighted by Crippen LogP contribution is 2.36. The van der Waals surface area contributed by atoms with Gasteiger partial charge in [-0.1, -0.05) is 63.1 Å². The zero-order chi connectivity index (χ0) is 22.6. The third-order valence-electron chi connectivity index (χ3n) is 5.76. The Morgan fingerprint density at radius 2 is 1.03 bits per heavy atom. The molecule has 1 aromatic carbocycles. The first-order valence-corrected chi connectivity index (χ1v) is 14.2. The highest BCUT2D eigenvalue weighted by atomic mass is 32.1. The van der Waals surface area contributed by atoms with Crippen molar-refractivity contribution in [2.24, 2.45) is 0 Å². The van der Waals surface area contributed by atoms with Crippen LogP contribution in [-0.4, -0.2) is 0 Å². The van der Waals surface area contributed by atoms with Gasteiger partial charge >= 0.3 is 0 Å². The summed E-state index contributed by atoms with van der Waals surface area (Å²) in [7, 11) is 0. The van der Waals surface area contributed by atoms with Crippen molar-refractivity contribution in [1.82, 2.24) is 0 Å². The summed E-state index contributed by atoms with van der Waals surface area (Å²) in [5.41, 5.74) is 0. The van der Waals surface area contributed by atoms with Crippen LogP contribution in [0.5, 0.6) is 0 Å². The molecule has 5 aromatic rings. The molecule has 0 amide bonds. The minimum absolute atomic E-state index is 1.01. The lowest BCUT2D eigenvalue weighted by molar-refractivity contribution is 0.804. The lowest BCUT2D eigenvalue weighted by Gasteiger charge is -1.91. The molecule has 4 aromatic heterocycles. The molecule has 0 saturated heterocycles. The smallest absolute Gasteiger partial charge is 0.0602 e. The summed E-state index contributed by atoms with van der Waals surface area (Å²) in [5, 5.41) is 4.31. The van der Waals surface area contributed by atoms with Crippen LogP contribution >= 0.6 is 34.0 Å². The molecule has 0 aliphatic rings. The fourth-order valence-corrected chi connectivity index (χ4v) is 7.50. The fourth-order valence-electron chi connectivity index (χ4n) is 3.94. The Morgan fingerprint density at radius 3 is 1.48 bits per heavy atom. The van der Waals surface area contributed by atoms with Crippen molar-refractivity contribution in [1.29, 1.82) is 0 Å². The molecule has 3 heteroatoms. The second-order valence-electron chi connectivity index (χ2n) is 8.33. The van der Waals surface area contributed by atoms with Crippen LogP contribution in [0, 0.1) is 24.3 Å². The molecule has 0 spiro atoms. The van der Waals surface area contributed by atoms with Crippen molar-refractivity contribution < 1.29 is 0 Å². The Morgan fingerprint density at radius 1 is 0.576 bits per heavy atom. The van der Waals surface area contributed by atoms with Crippen molar-refractivity contribution in [2.75, 3.05) is 0 Å². The fraction of sp³-hybridized carbons (Fsp3) is 0.267. The molecule has 33 heavy (non-hydrogen) atoms. The maximum absolute atomic E-state index is 3.50. The van der Waals surface area contributed by atoms with E-state index >= 15 is 0 Å². The molecular formula is C30H26S3. The molecule has 4 heterocycles. The summed E-state index contributed by atoms with van der Waals surface area (Å²) in [6, 6.07) is 31.4. The number of hydrogen-bond donors (Lipinski definition) is 0. The van der Waals surface area contributed by atoms with Crippen LogP contribution < -0.4 is 0 Å². The van der Waals surface area contributed by atoms with E-state index in [1.807, 2.05) is 34.0 Å². The number of unbranched alkanes of at least 4 members (excludes halogenated alkanes) is 2. The van der Waals surface area contributed by atoms with Gasteiger partial charge in [-0.15, -0.1) is 34.0 Å². The quantitative estimate of drug-likeness (QED) is 0.226. The second kappa shape index (κ2) is 10.1. The zero-order valence-corrected chi connectivity index (χ0v) is 21.5. The van der Waals surface area contributed by atoms with Crippen molar-refractivity contribution >= 4 is 74.4 Å². The average Bonchev–Trinajstić information content (AvgIpc) is 3.56. The number of fused-ring (bicyclic) bond motifs is 7. The Hall–Kier alpha value is -2.56. The summed E-state index contributed by atoms with van der Waals surface area (Å²) < 4.78 is 5.26. The summed E-state index contributed by atoms with van der Waals surface area (Å²) >= 11 is 5.72. The summed E-state index contributed by atoms with van der Waals surface area (Å²) in [6.45, 7) is 4.51. The largest absolute Gasteiger partial charge is 0.138 e. The number of hydrogen-bond acceptors (Lipinski definition) is 3. The lowest BCUT2D eigenvalue weighted by atomic mass is 10.2. The van der Waals surface area contributed by atoms with E-state index in [-0.39, 0.29) is 0 Å². The van der Waals surface area contributed by atoms with Crippen LogP contribution in [0.1, 0.15) is 49.3 Å². The van der Waals surface area contributed by atoms with E-state index in [0.29, 0.717) is 0 Å². The highest BCUT2D eigenvalue weighted by Gasteiger charge is 2.07. The molecule has 0 N–H and O–H groups in total. The van der Waals surface area contributed by atoms with Gasteiger partial charge in [-0.3, -0.25) is 0 Å². The van der Waals surface area contributed by atoms with E-state index in [9.17, 15) is 0 Å². The molecule has 0 aliphatic heterocycles. The summed E-state index contributed by atoms with van der Waals surface area (Å²) in [4.78, 5) is 2.87. The first kappa shape index (κ1) is 22.2. The molecule has 0 fully saturated rings. The molecule has 5 rings (SSSR count). The number of benzene rings is 1. The summed E-state index contributed by atoms with van der Waals surface area (Å²) in [6.07, 6.45) is 7.13. The topological polar surface area (TPSA) is 0 Å². The number of rotatable bonds is 6. The standard InChI is InChI=1S/C30H26S3/c1-3-5-11-25-19-23-15-13-21-9-7-8-10-22(21)14-16-24-20-26(12-6-4-2)32-30(24)28-18-17-27(33-28)29(23)31-25/h7-10,17-20H,3-6,11-12H2,1-2H3. The van der Waals surface area contributed by atoms with Gasteiger partial charge < -0.3 is 0 Å². The lowest BCUT2D eigenvalue weighted by Crippen LogP contribution is -1.76. The Labute approximate surface area is 208 Å². The predicted octanol–water partition coefficient (Wildman–Crippen LogP) is 10.1. The maximum Gasteiger partial charge on any atom is 0.0602 e. The maximum atomic E-state index is 3.50. The zero-order valence-electron chi connectivity index (χ0n) is 19.1. The number of thiophene rings is 3. The molecule has 164 valence electrons. The van der Waals surface area contributed by atoms with Gasteiger partial charge in [0, 0.05) is 40.7 Å². The summed E-state index contributed by atoms with van der Waals surface area (Å²) in [5.74, 6) is 0. The second-order valence-corrected chi connectivity index (χ2v) is 11.7. The van der Waals surface area contributed by atoms with Gasteiger partial charge in [0.2, 0.25) is 0 Å². The first-order chi connectivity index (χ1) is 16.2. The molecule has 0 atom stereocenters. The van der Waals surface area contributed by atoms with Gasteiger partial charge in [0.1, 0.15) is 0 Å². The monoisotopic (exact) mass is 482 g/mol. The third-order valence-corrected chi connectivity index (χ3v) is 9.60.